The van der Waals surface area contributed by atoms with Gasteiger partial charge in [0, 0.05) is 12.8 Å². The van der Waals surface area contributed by atoms with Crippen LogP contribution in [0.4, 0.5) is 0 Å². The Morgan fingerprint density at radius 2 is 0.654 bits per heavy atom. The molecule has 0 aliphatic heterocycles. The summed E-state index contributed by atoms with van der Waals surface area (Å²) in [7, 11) is 1.18. The number of nitrogens with zero attached hydrogens (tertiary/aromatic N) is 1. The van der Waals surface area contributed by atoms with Crippen LogP contribution in [0.1, 0.15) is 348 Å². The van der Waals surface area contributed by atoms with Crippen LogP contribution in [-0.4, -0.2) is 70.0 Å². The molecule has 0 spiro atoms. The molecule has 0 fully saturated rings. The molecule has 0 saturated heterocycles. The summed E-state index contributed by atoms with van der Waals surface area (Å²) in [5.41, 5.74) is 0. The van der Waals surface area contributed by atoms with E-state index in [-0.39, 0.29) is 32.0 Å². The Balaban J connectivity index is 3.91. The van der Waals surface area contributed by atoms with Gasteiger partial charge in [-0.2, -0.15) is 0 Å². The van der Waals surface area contributed by atoms with Crippen molar-refractivity contribution in [1.29, 1.82) is 0 Å². The molecule has 0 aromatic heterocycles. The zero-order chi connectivity index (χ0) is 57.0. The van der Waals surface area contributed by atoms with E-state index in [9.17, 15) is 19.0 Å². The summed E-state index contributed by atoms with van der Waals surface area (Å²) in [6.07, 6.45) is 74.2. The second-order valence-corrected chi connectivity index (χ2v) is 25.9. The first-order valence-electron chi connectivity index (χ1n) is 34.0. The molecular weight excluding hydrogens is 990 g/mol. The van der Waals surface area contributed by atoms with E-state index in [0.717, 1.165) is 44.9 Å². The van der Waals surface area contributed by atoms with E-state index in [1.807, 2.05) is 21.1 Å². The molecule has 10 heteroatoms. The minimum Gasteiger partial charge on any atom is -0.756 e. The lowest BCUT2D eigenvalue weighted by molar-refractivity contribution is -0.870. The fourth-order valence-electron chi connectivity index (χ4n) is 10.2. The third kappa shape index (κ3) is 63.7. The number of carbonyl (C=O) groups excluding carboxylic acids is 2. The Kier molecular flexibility index (Phi) is 58.9. The first-order chi connectivity index (χ1) is 38.0. The highest BCUT2D eigenvalue weighted by atomic mass is 31.2. The Bertz CT molecular complexity index is 1370. The van der Waals surface area contributed by atoms with Crippen LogP contribution in [0.5, 0.6) is 0 Å². The maximum absolute atomic E-state index is 12.8. The van der Waals surface area contributed by atoms with Gasteiger partial charge in [0.2, 0.25) is 0 Å². The summed E-state index contributed by atoms with van der Waals surface area (Å²) in [6.45, 7) is 4.29. The molecule has 0 aromatic carbocycles. The third-order valence-electron chi connectivity index (χ3n) is 15.4. The van der Waals surface area contributed by atoms with Crippen molar-refractivity contribution in [2.45, 2.75) is 354 Å². The van der Waals surface area contributed by atoms with E-state index >= 15 is 0 Å². The van der Waals surface area contributed by atoms with Crippen LogP contribution in [0.2, 0.25) is 0 Å². The highest BCUT2D eigenvalue weighted by Gasteiger charge is 2.22. The number of likely N-dealkylation sites (N-methyl/N-ethyl adjacent to an activating group) is 1. The molecule has 9 nitrogen and oxygen atoms in total. The van der Waals surface area contributed by atoms with Gasteiger partial charge in [-0.3, -0.25) is 14.2 Å². The number of phosphoric acid groups is 1. The first-order valence-corrected chi connectivity index (χ1v) is 35.5. The Morgan fingerprint density at radius 3 is 0.949 bits per heavy atom. The van der Waals surface area contributed by atoms with Crippen molar-refractivity contribution in [3.8, 4) is 0 Å². The number of carbonyl (C=O) groups is 2. The summed E-state index contributed by atoms with van der Waals surface area (Å²) in [5.74, 6) is -0.820. The molecule has 2 atom stereocenters. The van der Waals surface area contributed by atoms with Crippen LogP contribution >= 0.6 is 7.82 Å². The maximum Gasteiger partial charge on any atom is 0.306 e. The molecule has 0 heterocycles. The highest BCUT2D eigenvalue weighted by molar-refractivity contribution is 7.45. The van der Waals surface area contributed by atoms with Gasteiger partial charge >= 0.3 is 11.9 Å². The number of esters is 2. The molecule has 0 rings (SSSR count). The second kappa shape index (κ2) is 60.1. The third-order valence-corrected chi connectivity index (χ3v) is 16.4. The molecular formula is C68H132NO8P. The van der Waals surface area contributed by atoms with Crippen LogP contribution in [0.3, 0.4) is 0 Å². The van der Waals surface area contributed by atoms with Crippen molar-refractivity contribution >= 4 is 19.8 Å². The lowest BCUT2D eigenvalue weighted by atomic mass is 10.0. The van der Waals surface area contributed by atoms with Crippen LogP contribution in [0.25, 0.3) is 0 Å². The molecule has 0 N–H and O–H groups in total. The average molecular weight is 1120 g/mol. The van der Waals surface area contributed by atoms with Crippen molar-refractivity contribution < 1.29 is 42.1 Å². The van der Waals surface area contributed by atoms with Gasteiger partial charge in [0.25, 0.3) is 7.82 Å². The first kappa shape index (κ1) is 76.5. The van der Waals surface area contributed by atoms with Crippen LogP contribution in [-0.2, 0) is 32.7 Å². The lowest BCUT2D eigenvalue weighted by Gasteiger charge is -2.28. The summed E-state index contributed by atoms with van der Waals surface area (Å²) in [5, 5.41) is 0. The van der Waals surface area contributed by atoms with Gasteiger partial charge in [-0.05, 0) is 64.2 Å². The molecule has 0 aliphatic rings. The number of rotatable bonds is 64. The minimum atomic E-state index is -4.63. The maximum atomic E-state index is 12.8. The monoisotopic (exact) mass is 1120 g/mol. The van der Waals surface area contributed by atoms with Gasteiger partial charge in [-0.15, -0.1) is 0 Å². The van der Waals surface area contributed by atoms with E-state index < -0.39 is 26.5 Å². The van der Waals surface area contributed by atoms with Gasteiger partial charge in [-0.25, -0.2) is 0 Å². The van der Waals surface area contributed by atoms with Crippen LogP contribution < -0.4 is 4.89 Å². The van der Waals surface area contributed by atoms with Crippen molar-refractivity contribution in [3.05, 3.63) is 24.3 Å². The quantitative estimate of drug-likeness (QED) is 0.0195. The fraction of sp³-hybridized carbons (Fsp3) is 0.912. The highest BCUT2D eigenvalue weighted by Crippen LogP contribution is 2.38. The zero-order valence-corrected chi connectivity index (χ0v) is 53.5. The second-order valence-electron chi connectivity index (χ2n) is 24.5. The fourth-order valence-corrected chi connectivity index (χ4v) is 10.9. The van der Waals surface area contributed by atoms with Crippen molar-refractivity contribution in [2.24, 2.45) is 0 Å². The van der Waals surface area contributed by atoms with Gasteiger partial charge in [0.15, 0.2) is 6.10 Å². The SMILES string of the molecule is CCCCCCCC/C=C\CCCCCCCCCC(=O)OCC(COP(=O)([O-])OCC[N+](C)(C)C)OC(=O)CCCCCCCCCCCCCCCCCCCCCCCCCCC/C=C\CCCCCCCCCC. The number of phosphoric ester groups is 1. The molecule has 0 saturated carbocycles. The molecule has 78 heavy (non-hydrogen) atoms. The molecule has 0 radical (unpaired) electrons. The number of quaternary nitrogens is 1. The topological polar surface area (TPSA) is 111 Å². The van der Waals surface area contributed by atoms with E-state index in [1.54, 1.807) is 0 Å². The number of hydrogen-bond donors (Lipinski definition) is 0. The van der Waals surface area contributed by atoms with Gasteiger partial charge in [-0.1, -0.05) is 295 Å². The number of ether oxygens (including phenoxy) is 2. The summed E-state index contributed by atoms with van der Waals surface area (Å²) >= 11 is 0. The largest absolute Gasteiger partial charge is 0.756 e. The van der Waals surface area contributed by atoms with Crippen LogP contribution in [0.15, 0.2) is 24.3 Å². The van der Waals surface area contributed by atoms with E-state index in [4.69, 9.17) is 18.5 Å². The van der Waals surface area contributed by atoms with Gasteiger partial charge in [0.1, 0.15) is 19.8 Å². The van der Waals surface area contributed by atoms with E-state index in [1.165, 1.54) is 270 Å². The molecule has 462 valence electrons. The summed E-state index contributed by atoms with van der Waals surface area (Å²) < 4.78 is 34.2. The lowest BCUT2D eigenvalue weighted by Crippen LogP contribution is -2.37. The molecule has 2 unspecified atom stereocenters. The summed E-state index contributed by atoms with van der Waals surface area (Å²) in [4.78, 5) is 37.9. The number of allylic oxidation sites excluding steroid dienone is 4. The predicted molar refractivity (Wildman–Crippen MR) is 333 cm³/mol. The summed E-state index contributed by atoms with van der Waals surface area (Å²) in [6, 6.07) is 0. The van der Waals surface area contributed by atoms with Crippen molar-refractivity contribution in [1.82, 2.24) is 0 Å². The van der Waals surface area contributed by atoms with Gasteiger partial charge < -0.3 is 27.9 Å². The van der Waals surface area contributed by atoms with Gasteiger partial charge in [0.05, 0.1) is 27.7 Å². The van der Waals surface area contributed by atoms with E-state index in [2.05, 4.69) is 38.2 Å². The zero-order valence-electron chi connectivity index (χ0n) is 52.6. The normalized spacial score (nSPS) is 13.3. The van der Waals surface area contributed by atoms with Crippen molar-refractivity contribution in [3.63, 3.8) is 0 Å². The van der Waals surface area contributed by atoms with E-state index in [0.29, 0.717) is 17.4 Å². The minimum absolute atomic E-state index is 0.0283. The molecule has 0 bridgehead atoms. The Hall–Kier alpha value is -1.51. The molecule has 0 aliphatic carbocycles. The number of hydrogen-bond acceptors (Lipinski definition) is 8. The average Bonchev–Trinajstić information content (AvgIpc) is 3.41. The van der Waals surface area contributed by atoms with Crippen molar-refractivity contribution in [2.75, 3.05) is 47.5 Å². The smallest absolute Gasteiger partial charge is 0.306 e. The predicted octanol–water partition coefficient (Wildman–Crippen LogP) is 21.1. The Labute approximate surface area is 485 Å². The Morgan fingerprint density at radius 1 is 0.385 bits per heavy atom. The molecule has 0 aromatic rings. The standard InChI is InChI=1S/C68H132NO8P/c1-6-8-10-12-14-16-18-20-22-24-25-26-27-28-29-30-31-32-33-34-35-36-37-38-39-40-41-42-43-45-47-49-51-53-55-57-59-61-68(71)77-66(65-76-78(72,73)75-63-62-69(3,4)5)64-74-67(70)60-58-56-54-52-50-48-46-44-23-21-19-17-15-13-11-9-7-2/h21,23-25,66H,6-20,22,26-65H2,1-5H3/b23-21-,25-24-. The molecule has 0 amide bonds. The number of unbranched alkanes of at least 4 members (excludes halogenated alkanes) is 46. The van der Waals surface area contributed by atoms with Crippen LogP contribution in [0, 0.1) is 0 Å².